The monoisotopic (exact) mass is 576 g/mol. The number of ether oxygens (including phenoxy) is 1. The highest BCUT2D eigenvalue weighted by atomic mass is 19.1. The van der Waals surface area contributed by atoms with Gasteiger partial charge in [0.05, 0.1) is 18.5 Å². The Bertz CT molecular complexity index is 1790. The number of nitrogens with one attached hydrogen (secondary N) is 3. The molecule has 0 unspecified atom stereocenters. The molecule has 1 aliphatic rings. The molecule has 43 heavy (non-hydrogen) atoms. The van der Waals surface area contributed by atoms with E-state index in [0.29, 0.717) is 41.1 Å². The van der Waals surface area contributed by atoms with Crippen LogP contribution in [0.1, 0.15) is 60.8 Å². The SMILES string of the molecule is COc1cc(F)cc(C2=CC=C(C)Cc3[nH]c(C(=N)c4cc(-c5cc(C)cc(NC(=O)CC(C)C)c5)ccc4N)cc32)c1. The van der Waals surface area contributed by atoms with Crippen molar-refractivity contribution in [2.24, 2.45) is 5.92 Å². The molecule has 5 N–H and O–H groups in total. The molecule has 0 bridgehead atoms. The van der Waals surface area contributed by atoms with E-state index in [1.165, 1.54) is 19.2 Å². The van der Waals surface area contributed by atoms with Crippen molar-refractivity contribution in [3.05, 3.63) is 118 Å². The molecule has 0 spiro atoms. The Morgan fingerprint density at radius 3 is 2.56 bits per heavy atom. The van der Waals surface area contributed by atoms with E-state index in [4.69, 9.17) is 10.5 Å². The molecule has 3 aromatic carbocycles. The van der Waals surface area contributed by atoms with Gasteiger partial charge in [-0.3, -0.25) is 10.2 Å². The Kier molecular flexibility index (Phi) is 8.35. The largest absolute Gasteiger partial charge is 0.497 e. The fourth-order valence-corrected chi connectivity index (χ4v) is 5.45. The number of benzene rings is 3. The minimum atomic E-state index is -0.381. The number of hydrogen-bond donors (Lipinski definition) is 4. The summed E-state index contributed by atoms with van der Waals surface area (Å²) in [6, 6.07) is 18.2. The standard InChI is InChI=1S/C36H37FN4O2/c1-20(2)10-35(42)40-27-12-22(4)11-24(15-27)23-7-9-32(38)31(17-23)36(39)34-19-30-29(8-6-21(3)13-33(30)41-34)25-14-26(37)18-28(16-25)43-5/h6-9,11-12,14-20,39,41H,10,13,38H2,1-5H3,(H,40,42). The molecule has 0 radical (unpaired) electrons. The third kappa shape index (κ3) is 6.61. The number of amides is 1. The maximum atomic E-state index is 14.5. The number of anilines is 2. The predicted molar refractivity (Wildman–Crippen MR) is 173 cm³/mol. The van der Waals surface area contributed by atoms with Gasteiger partial charge in [0.15, 0.2) is 0 Å². The van der Waals surface area contributed by atoms with E-state index in [9.17, 15) is 14.6 Å². The second-order valence-corrected chi connectivity index (χ2v) is 11.6. The van der Waals surface area contributed by atoms with Crippen LogP contribution in [0.5, 0.6) is 5.75 Å². The smallest absolute Gasteiger partial charge is 0.224 e. The number of methoxy groups -OCH3 is 1. The number of aromatic amines is 1. The molecule has 1 aliphatic carbocycles. The molecule has 0 saturated carbocycles. The van der Waals surface area contributed by atoms with Gasteiger partial charge in [-0.15, -0.1) is 0 Å². The van der Waals surface area contributed by atoms with Crippen LogP contribution in [-0.2, 0) is 11.2 Å². The molecule has 4 aromatic rings. The maximum absolute atomic E-state index is 14.5. The maximum Gasteiger partial charge on any atom is 0.224 e. The van der Waals surface area contributed by atoms with E-state index in [2.05, 4.69) is 10.3 Å². The topological polar surface area (TPSA) is 104 Å². The molecular formula is C36H37FN4O2. The van der Waals surface area contributed by atoms with Gasteiger partial charge in [0.2, 0.25) is 5.91 Å². The third-order valence-corrected chi connectivity index (χ3v) is 7.48. The third-order valence-electron chi connectivity index (χ3n) is 7.48. The van der Waals surface area contributed by atoms with Crippen molar-refractivity contribution in [3.8, 4) is 16.9 Å². The number of fused-ring (bicyclic) bond motifs is 1. The number of rotatable bonds is 8. The van der Waals surface area contributed by atoms with Gasteiger partial charge >= 0.3 is 0 Å². The first kappa shape index (κ1) is 29.6. The highest BCUT2D eigenvalue weighted by Crippen LogP contribution is 2.35. The average Bonchev–Trinajstić information content (AvgIpc) is 3.28. The lowest BCUT2D eigenvalue weighted by Gasteiger charge is -2.13. The summed E-state index contributed by atoms with van der Waals surface area (Å²) in [5, 5.41) is 12.2. The van der Waals surface area contributed by atoms with E-state index in [-0.39, 0.29) is 23.4 Å². The highest BCUT2D eigenvalue weighted by Gasteiger charge is 2.21. The molecule has 1 amide bonds. The number of nitrogens with two attached hydrogens (primary N) is 1. The summed E-state index contributed by atoms with van der Waals surface area (Å²) in [6.45, 7) is 8.07. The number of aryl methyl sites for hydroxylation is 1. The lowest BCUT2D eigenvalue weighted by atomic mass is 9.95. The van der Waals surface area contributed by atoms with Crippen LogP contribution < -0.4 is 15.8 Å². The molecule has 6 nitrogen and oxygen atoms in total. The molecule has 1 aromatic heterocycles. The van der Waals surface area contributed by atoms with Crippen LogP contribution in [0.3, 0.4) is 0 Å². The van der Waals surface area contributed by atoms with Crippen molar-refractivity contribution in [1.82, 2.24) is 4.98 Å². The number of H-pyrrole nitrogens is 1. The molecular weight excluding hydrogens is 539 g/mol. The van der Waals surface area contributed by atoms with Crippen molar-refractivity contribution in [1.29, 1.82) is 5.41 Å². The minimum absolute atomic E-state index is 0.0204. The molecule has 0 saturated heterocycles. The fraction of sp³-hybridized carbons (Fsp3) is 0.222. The summed E-state index contributed by atoms with van der Waals surface area (Å²) < 4.78 is 19.8. The molecule has 1 heterocycles. The summed E-state index contributed by atoms with van der Waals surface area (Å²) >= 11 is 0. The van der Waals surface area contributed by atoms with Crippen LogP contribution in [-0.4, -0.2) is 23.7 Å². The van der Waals surface area contributed by atoms with Gasteiger partial charge < -0.3 is 20.8 Å². The van der Waals surface area contributed by atoms with Crippen LogP contribution in [0.2, 0.25) is 0 Å². The summed E-state index contributed by atoms with van der Waals surface area (Å²) in [6.07, 6.45) is 5.14. The second kappa shape index (κ2) is 12.1. The Morgan fingerprint density at radius 2 is 1.81 bits per heavy atom. The first-order valence-electron chi connectivity index (χ1n) is 14.4. The van der Waals surface area contributed by atoms with Gasteiger partial charge in [-0.25, -0.2) is 4.39 Å². The van der Waals surface area contributed by atoms with E-state index < -0.39 is 0 Å². The molecule has 0 aliphatic heterocycles. The lowest BCUT2D eigenvalue weighted by molar-refractivity contribution is -0.116. The molecule has 7 heteroatoms. The van der Waals surface area contributed by atoms with Crippen molar-refractivity contribution < 1.29 is 13.9 Å². The minimum Gasteiger partial charge on any atom is -0.497 e. The van der Waals surface area contributed by atoms with Gasteiger partial charge in [-0.05, 0) is 90.1 Å². The van der Waals surface area contributed by atoms with Crippen molar-refractivity contribution in [2.75, 3.05) is 18.2 Å². The number of carbonyl (C=O) groups is 1. The van der Waals surface area contributed by atoms with Crippen LogP contribution >= 0.6 is 0 Å². The number of allylic oxidation sites excluding steroid dienone is 3. The number of aromatic nitrogens is 1. The van der Waals surface area contributed by atoms with Crippen molar-refractivity contribution in [2.45, 2.75) is 40.5 Å². The predicted octanol–water partition coefficient (Wildman–Crippen LogP) is 8.05. The fourth-order valence-electron chi connectivity index (χ4n) is 5.45. The number of hydrogen-bond acceptors (Lipinski definition) is 4. The van der Waals surface area contributed by atoms with Gasteiger partial charge in [0.25, 0.3) is 0 Å². The van der Waals surface area contributed by atoms with Crippen molar-refractivity contribution in [3.63, 3.8) is 0 Å². The first-order chi connectivity index (χ1) is 20.5. The van der Waals surface area contributed by atoms with Crippen LogP contribution in [0.15, 0.2) is 78.4 Å². The van der Waals surface area contributed by atoms with E-state index in [1.807, 2.05) is 88.4 Å². The Hall–Kier alpha value is -4.91. The van der Waals surface area contributed by atoms with E-state index in [0.717, 1.165) is 44.8 Å². The Labute approximate surface area is 252 Å². The summed E-state index contributed by atoms with van der Waals surface area (Å²) in [7, 11) is 1.52. The lowest BCUT2D eigenvalue weighted by Crippen LogP contribution is -2.14. The Balaban J connectivity index is 1.50. The van der Waals surface area contributed by atoms with Gasteiger partial charge in [-0.1, -0.05) is 43.7 Å². The average molecular weight is 577 g/mol. The zero-order chi connectivity index (χ0) is 30.8. The van der Waals surface area contributed by atoms with Gasteiger partial charge in [0.1, 0.15) is 11.6 Å². The highest BCUT2D eigenvalue weighted by molar-refractivity contribution is 6.14. The zero-order valence-corrected chi connectivity index (χ0v) is 25.2. The second-order valence-electron chi connectivity index (χ2n) is 11.6. The normalized spacial score (nSPS) is 12.7. The zero-order valence-electron chi connectivity index (χ0n) is 25.2. The Morgan fingerprint density at radius 1 is 1.02 bits per heavy atom. The van der Waals surface area contributed by atoms with Crippen LogP contribution in [0.25, 0.3) is 16.7 Å². The van der Waals surface area contributed by atoms with E-state index >= 15 is 0 Å². The summed E-state index contributed by atoms with van der Waals surface area (Å²) in [5.41, 5.74) is 16.4. The summed E-state index contributed by atoms with van der Waals surface area (Å²) in [4.78, 5) is 15.9. The van der Waals surface area contributed by atoms with Gasteiger partial charge in [0, 0.05) is 47.1 Å². The molecule has 0 fully saturated rings. The van der Waals surface area contributed by atoms with Crippen LogP contribution in [0.4, 0.5) is 15.8 Å². The number of nitrogen functional groups attached to an aromatic ring is 1. The first-order valence-corrected chi connectivity index (χ1v) is 14.4. The van der Waals surface area contributed by atoms with Crippen LogP contribution in [0, 0.1) is 24.1 Å². The molecule has 0 atom stereocenters. The quantitative estimate of drug-likeness (QED) is 0.126. The number of carbonyl (C=O) groups excluding carboxylic acids is 1. The van der Waals surface area contributed by atoms with Gasteiger partial charge in [-0.2, -0.15) is 0 Å². The number of halogens is 1. The molecule has 220 valence electrons. The molecule has 5 rings (SSSR count). The summed E-state index contributed by atoms with van der Waals surface area (Å²) in [5.74, 6) is 0.303. The van der Waals surface area contributed by atoms with E-state index in [1.54, 1.807) is 0 Å². The van der Waals surface area contributed by atoms with Crippen molar-refractivity contribution >= 4 is 28.6 Å².